The average Bonchev–Trinajstić information content (AvgIpc) is 2.48. The molecule has 0 saturated heterocycles. The Labute approximate surface area is 126 Å². The minimum atomic E-state index is 0.199. The topological polar surface area (TPSA) is 29.1 Å². The van der Waals surface area contributed by atoms with E-state index in [0.29, 0.717) is 13.0 Å². The smallest absolute Gasteiger partial charge is 0.220 e. The minimum Gasteiger partial charge on any atom is -0.356 e. The highest BCUT2D eigenvalue weighted by Gasteiger charge is 2.14. The third-order valence-electron chi connectivity index (χ3n) is 4.15. The zero-order valence-corrected chi connectivity index (χ0v) is 12.8. The van der Waals surface area contributed by atoms with Crippen LogP contribution in [-0.4, -0.2) is 12.5 Å². The Kier molecular flexibility index (Phi) is 6.38. The van der Waals surface area contributed by atoms with Gasteiger partial charge in [-0.25, -0.2) is 0 Å². The molecule has 2 rings (SSSR count). The Balaban J connectivity index is 1.58. The first-order valence-corrected chi connectivity index (χ1v) is 8.13. The molecule has 0 aromatic heterocycles. The first-order valence-electron chi connectivity index (χ1n) is 7.75. The number of amides is 1. The molecule has 1 N–H and O–H groups in total. The predicted octanol–water partition coefficient (Wildman–Crippen LogP) is 4.36. The zero-order valence-electron chi connectivity index (χ0n) is 12.0. The molecule has 2 nitrogen and oxygen atoms in total. The predicted molar refractivity (Wildman–Crippen MR) is 84.0 cm³/mol. The summed E-state index contributed by atoms with van der Waals surface area (Å²) in [6.45, 7) is 0.713. The van der Waals surface area contributed by atoms with Gasteiger partial charge in [-0.15, -0.1) is 0 Å². The molecule has 0 radical (unpaired) electrons. The lowest BCUT2D eigenvalue weighted by molar-refractivity contribution is -0.121. The van der Waals surface area contributed by atoms with Gasteiger partial charge in [-0.05, 0) is 36.5 Å². The van der Waals surface area contributed by atoms with Crippen molar-refractivity contribution in [2.24, 2.45) is 5.92 Å². The summed E-state index contributed by atoms with van der Waals surface area (Å²) in [6, 6.07) is 7.80. The molecule has 0 unspecified atom stereocenters. The highest BCUT2D eigenvalue weighted by molar-refractivity contribution is 6.30. The van der Waals surface area contributed by atoms with Gasteiger partial charge >= 0.3 is 0 Å². The Morgan fingerprint density at radius 3 is 2.55 bits per heavy atom. The molecule has 110 valence electrons. The number of hydrogen-bond donors (Lipinski definition) is 1. The third kappa shape index (κ3) is 5.54. The van der Waals surface area contributed by atoms with Gasteiger partial charge in [0.25, 0.3) is 0 Å². The van der Waals surface area contributed by atoms with E-state index in [4.69, 9.17) is 11.6 Å². The molecule has 0 aliphatic heterocycles. The first-order chi connectivity index (χ1) is 9.74. The van der Waals surface area contributed by atoms with Gasteiger partial charge in [-0.2, -0.15) is 0 Å². The van der Waals surface area contributed by atoms with Crippen LogP contribution in [0.4, 0.5) is 0 Å². The van der Waals surface area contributed by atoms with Crippen LogP contribution in [0.2, 0.25) is 5.02 Å². The monoisotopic (exact) mass is 293 g/mol. The van der Waals surface area contributed by atoms with Gasteiger partial charge in [0.2, 0.25) is 5.91 Å². The van der Waals surface area contributed by atoms with Crippen LogP contribution in [-0.2, 0) is 11.2 Å². The summed E-state index contributed by atoms with van der Waals surface area (Å²) in [4.78, 5) is 11.8. The Hall–Kier alpha value is -1.02. The number of hydrogen-bond acceptors (Lipinski definition) is 1. The van der Waals surface area contributed by atoms with Gasteiger partial charge in [-0.1, -0.05) is 55.8 Å². The van der Waals surface area contributed by atoms with Crippen LogP contribution in [0, 0.1) is 5.92 Å². The van der Waals surface area contributed by atoms with Crippen molar-refractivity contribution < 1.29 is 4.79 Å². The maximum atomic E-state index is 11.8. The van der Waals surface area contributed by atoms with E-state index in [-0.39, 0.29) is 5.91 Å². The summed E-state index contributed by atoms with van der Waals surface area (Å²) in [6.07, 6.45) is 9.33. The standard InChI is InChI=1S/C17H24ClNO/c18-16-9-6-15(7-10-16)12-13-19-17(20)11-8-14-4-2-1-3-5-14/h6-7,9-10,14H,1-5,8,11-13H2,(H,19,20). The average molecular weight is 294 g/mol. The van der Waals surface area contributed by atoms with Crippen LogP contribution in [0.5, 0.6) is 0 Å². The second-order valence-corrected chi connectivity index (χ2v) is 6.21. The number of benzene rings is 1. The minimum absolute atomic E-state index is 0.199. The third-order valence-corrected chi connectivity index (χ3v) is 4.41. The van der Waals surface area contributed by atoms with Gasteiger partial charge < -0.3 is 5.32 Å². The SMILES string of the molecule is O=C(CCC1CCCCC1)NCCc1ccc(Cl)cc1. The van der Waals surface area contributed by atoms with Gasteiger partial charge in [0, 0.05) is 18.0 Å². The number of rotatable bonds is 6. The number of nitrogens with one attached hydrogen (secondary N) is 1. The van der Waals surface area contributed by atoms with E-state index in [1.807, 2.05) is 24.3 Å². The van der Waals surface area contributed by atoms with E-state index in [9.17, 15) is 4.79 Å². The lowest BCUT2D eigenvalue weighted by Crippen LogP contribution is -2.26. The van der Waals surface area contributed by atoms with Crippen molar-refractivity contribution in [2.75, 3.05) is 6.54 Å². The Morgan fingerprint density at radius 1 is 1.15 bits per heavy atom. The van der Waals surface area contributed by atoms with Crippen LogP contribution in [0.1, 0.15) is 50.5 Å². The van der Waals surface area contributed by atoms with Crippen molar-refractivity contribution in [1.29, 1.82) is 0 Å². The number of carbonyl (C=O) groups excluding carboxylic acids is 1. The van der Waals surface area contributed by atoms with Crippen molar-refractivity contribution in [3.8, 4) is 0 Å². The van der Waals surface area contributed by atoms with Gasteiger partial charge in [0.15, 0.2) is 0 Å². The highest BCUT2D eigenvalue weighted by Crippen LogP contribution is 2.27. The summed E-state index contributed by atoms with van der Waals surface area (Å²) in [5.41, 5.74) is 1.21. The molecule has 1 fully saturated rings. The fraction of sp³-hybridized carbons (Fsp3) is 0.588. The van der Waals surface area contributed by atoms with E-state index in [0.717, 1.165) is 23.8 Å². The molecule has 1 aliphatic carbocycles. The van der Waals surface area contributed by atoms with Crippen molar-refractivity contribution in [1.82, 2.24) is 5.32 Å². The van der Waals surface area contributed by atoms with Crippen molar-refractivity contribution in [3.63, 3.8) is 0 Å². The largest absolute Gasteiger partial charge is 0.356 e. The molecule has 0 bridgehead atoms. The van der Waals surface area contributed by atoms with Crippen LogP contribution >= 0.6 is 11.6 Å². The maximum Gasteiger partial charge on any atom is 0.220 e. The first kappa shape index (κ1) is 15.4. The second kappa shape index (κ2) is 8.31. The summed E-state index contributed by atoms with van der Waals surface area (Å²) in [5, 5.41) is 3.77. The quantitative estimate of drug-likeness (QED) is 0.829. The molecule has 20 heavy (non-hydrogen) atoms. The van der Waals surface area contributed by atoms with E-state index >= 15 is 0 Å². The molecular formula is C17H24ClNO. The number of halogens is 1. The van der Waals surface area contributed by atoms with Gasteiger partial charge in [0.05, 0.1) is 0 Å². The molecule has 3 heteroatoms. The molecule has 1 aliphatic rings. The summed E-state index contributed by atoms with van der Waals surface area (Å²) < 4.78 is 0. The van der Waals surface area contributed by atoms with E-state index in [1.165, 1.54) is 37.7 Å². The van der Waals surface area contributed by atoms with Crippen LogP contribution < -0.4 is 5.32 Å². The number of carbonyl (C=O) groups is 1. The van der Waals surface area contributed by atoms with Crippen LogP contribution in [0.3, 0.4) is 0 Å². The second-order valence-electron chi connectivity index (χ2n) is 5.77. The molecule has 1 saturated carbocycles. The highest BCUT2D eigenvalue weighted by atomic mass is 35.5. The van der Waals surface area contributed by atoms with Crippen LogP contribution in [0.15, 0.2) is 24.3 Å². The normalized spacial score (nSPS) is 16.1. The summed E-state index contributed by atoms with van der Waals surface area (Å²) in [7, 11) is 0. The summed E-state index contributed by atoms with van der Waals surface area (Å²) in [5.74, 6) is 0.982. The zero-order chi connectivity index (χ0) is 14.2. The fourth-order valence-electron chi connectivity index (χ4n) is 2.90. The molecule has 0 heterocycles. The van der Waals surface area contributed by atoms with Crippen molar-refractivity contribution >= 4 is 17.5 Å². The molecule has 0 spiro atoms. The lowest BCUT2D eigenvalue weighted by atomic mass is 9.86. The molecular weight excluding hydrogens is 270 g/mol. The molecule has 1 amide bonds. The van der Waals surface area contributed by atoms with Crippen molar-refractivity contribution in [3.05, 3.63) is 34.9 Å². The van der Waals surface area contributed by atoms with Gasteiger partial charge in [0.1, 0.15) is 0 Å². The van der Waals surface area contributed by atoms with Crippen LogP contribution in [0.25, 0.3) is 0 Å². The van der Waals surface area contributed by atoms with E-state index in [2.05, 4.69) is 5.32 Å². The summed E-state index contributed by atoms with van der Waals surface area (Å²) >= 11 is 5.84. The maximum absolute atomic E-state index is 11.8. The molecule has 1 aromatic carbocycles. The molecule has 1 aromatic rings. The Morgan fingerprint density at radius 2 is 1.85 bits per heavy atom. The Bertz CT molecular complexity index is 410. The van der Waals surface area contributed by atoms with Crippen molar-refractivity contribution in [2.45, 2.75) is 51.4 Å². The van der Waals surface area contributed by atoms with E-state index in [1.54, 1.807) is 0 Å². The van der Waals surface area contributed by atoms with Gasteiger partial charge in [-0.3, -0.25) is 4.79 Å². The van der Waals surface area contributed by atoms with E-state index < -0.39 is 0 Å². The fourth-order valence-corrected chi connectivity index (χ4v) is 3.02. The lowest BCUT2D eigenvalue weighted by Gasteiger charge is -2.20. The molecule has 0 atom stereocenters.